The van der Waals surface area contributed by atoms with Crippen LogP contribution in [0.1, 0.15) is 62.5 Å². The van der Waals surface area contributed by atoms with Crippen molar-refractivity contribution in [3.8, 4) is 11.1 Å². The van der Waals surface area contributed by atoms with E-state index in [4.69, 9.17) is 0 Å². The highest BCUT2D eigenvalue weighted by atomic mass is 32.2. The zero-order valence-electron chi connectivity index (χ0n) is 19.0. The van der Waals surface area contributed by atoms with Gasteiger partial charge in [-0.05, 0) is 78.6 Å². The number of nitrogens with zero attached hydrogens (tertiary/aromatic N) is 2. The maximum Gasteiger partial charge on any atom is 0.243 e. The van der Waals surface area contributed by atoms with Crippen LogP contribution in [0.2, 0.25) is 0 Å². The van der Waals surface area contributed by atoms with E-state index in [1.165, 1.54) is 0 Å². The summed E-state index contributed by atoms with van der Waals surface area (Å²) < 4.78 is 56.2. The van der Waals surface area contributed by atoms with Crippen LogP contribution in [-0.2, 0) is 26.5 Å². The topological polar surface area (TPSA) is 74.8 Å². The second-order valence-corrected chi connectivity index (χ2v) is 13.3. The molecule has 2 aromatic carbocycles. The Morgan fingerprint density at radius 2 is 0.879 bits per heavy atom. The van der Waals surface area contributed by atoms with Gasteiger partial charge in [0.05, 0.1) is 9.79 Å². The highest BCUT2D eigenvalue weighted by Crippen LogP contribution is 2.39. The first kappa shape index (κ1) is 23.0. The van der Waals surface area contributed by atoms with Crippen LogP contribution in [0.5, 0.6) is 0 Å². The van der Waals surface area contributed by atoms with Crippen LogP contribution in [0.25, 0.3) is 11.1 Å². The molecule has 0 spiro atoms. The Hall–Kier alpha value is -1.74. The summed E-state index contributed by atoms with van der Waals surface area (Å²) in [6.45, 7) is 2.32. The van der Waals surface area contributed by atoms with Gasteiger partial charge in [-0.1, -0.05) is 37.8 Å². The van der Waals surface area contributed by atoms with Crippen molar-refractivity contribution in [1.29, 1.82) is 0 Å². The van der Waals surface area contributed by atoms with E-state index in [-0.39, 0.29) is 0 Å². The predicted octanol–water partition coefficient (Wildman–Crippen LogP) is 4.39. The predicted molar refractivity (Wildman–Crippen MR) is 129 cm³/mol. The number of hydrogen-bond donors (Lipinski definition) is 0. The minimum atomic E-state index is -3.51. The van der Waals surface area contributed by atoms with Crippen LogP contribution in [0.15, 0.2) is 46.2 Å². The third-order valence-electron chi connectivity index (χ3n) is 7.23. The fraction of sp³-hybridized carbons (Fsp3) is 0.520. The minimum Gasteiger partial charge on any atom is -0.207 e. The van der Waals surface area contributed by atoms with Crippen molar-refractivity contribution in [2.45, 2.75) is 67.6 Å². The van der Waals surface area contributed by atoms with E-state index >= 15 is 0 Å². The molecule has 0 radical (unpaired) electrons. The molecular weight excluding hydrogens is 456 g/mol. The highest BCUT2D eigenvalue weighted by Gasteiger charge is 2.30. The highest BCUT2D eigenvalue weighted by molar-refractivity contribution is 7.89. The summed E-state index contributed by atoms with van der Waals surface area (Å²) in [6.07, 6.45) is 8.49. The third kappa shape index (κ3) is 4.38. The summed E-state index contributed by atoms with van der Waals surface area (Å²) in [4.78, 5) is 0.682. The van der Waals surface area contributed by atoms with Gasteiger partial charge in [0.2, 0.25) is 20.0 Å². The largest absolute Gasteiger partial charge is 0.243 e. The van der Waals surface area contributed by atoms with Crippen LogP contribution in [0, 0.1) is 0 Å². The fourth-order valence-electron chi connectivity index (χ4n) is 5.35. The minimum absolute atomic E-state index is 0.341. The number of benzene rings is 2. The number of sulfonamides is 2. The Balaban J connectivity index is 1.42. The van der Waals surface area contributed by atoms with Crippen LogP contribution in [0.4, 0.5) is 0 Å². The van der Waals surface area contributed by atoms with E-state index in [0.29, 0.717) is 42.4 Å². The number of rotatable bonds is 4. The molecule has 2 aromatic rings. The molecule has 0 aromatic heterocycles. The molecule has 2 heterocycles. The SMILES string of the molecule is O=S(=O)(c1ccc2c(c1)Cc1cc(S(=O)(=O)N3CCCCCC3)ccc1-2)N1CCCCCC1. The first-order valence-electron chi connectivity index (χ1n) is 12.1. The lowest BCUT2D eigenvalue weighted by molar-refractivity contribution is 0.423. The van der Waals surface area contributed by atoms with Crippen LogP contribution < -0.4 is 0 Å². The summed E-state index contributed by atoms with van der Waals surface area (Å²) in [6, 6.07) is 10.8. The quantitative estimate of drug-likeness (QED) is 0.546. The summed E-state index contributed by atoms with van der Waals surface area (Å²) >= 11 is 0. The molecule has 0 atom stereocenters. The lowest BCUT2D eigenvalue weighted by Gasteiger charge is -2.20. The maximum atomic E-state index is 13.2. The Morgan fingerprint density at radius 1 is 0.515 bits per heavy atom. The molecule has 6 nitrogen and oxygen atoms in total. The average molecular weight is 489 g/mol. The molecule has 178 valence electrons. The molecule has 33 heavy (non-hydrogen) atoms. The Labute approximate surface area is 197 Å². The Bertz CT molecular complexity index is 1140. The molecule has 3 aliphatic rings. The molecule has 0 N–H and O–H groups in total. The van der Waals surface area contributed by atoms with Crippen molar-refractivity contribution in [1.82, 2.24) is 8.61 Å². The van der Waals surface area contributed by atoms with Gasteiger partial charge in [-0.3, -0.25) is 0 Å². The molecule has 2 fully saturated rings. The molecule has 0 saturated carbocycles. The van der Waals surface area contributed by atoms with E-state index in [1.807, 2.05) is 12.1 Å². The van der Waals surface area contributed by atoms with Crippen LogP contribution in [0.3, 0.4) is 0 Å². The lowest BCUT2D eigenvalue weighted by atomic mass is 10.1. The lowest BCUT2D eigenvalue weighted by Crippen LogP contribution is -2.32. The molecule has 5 rings (SSSR count). The normalized spacial score (nSPS) is 20.6. The molecule has 0 unspecified atom stereocenters. The van der Waals surface area contributed by atoms with Crippen molar-refractivity contribution >= 4 is 20.0 Å². The van der Waals surface area contributed by atoms with Gasteiger partial charge in [0.1, 0.15) is 0 Å². The van der Waals surface area contributed by atoms with E-state index < -0.39 is 20.0 Å². The molecule has 2 aliphatic heterocycles. The summed E-state index contributed by atoms with van der Waals surface area (Å²) in [5.41, 5.74) is 3.90. The molecule has 0 bridgehead atoms. The summed E-state index contributed by atoms with van der Waals surface area (Å²) in [5.74, 6) is 0. The van der Waals surface area contributed by atoms with Crippen molar-refractivity contribution in [2.24, 2.45) is 0 Å². The van der Waals surface area contributed by atoms with Crippen molar-refractivity contribution < 1.29 is 16.8 Å². The summed E-state index contributed by atoms with van der Waals surface area (Å²) in [7, 11) is -7.03. The van der Waals surface area contributed by atoms with Gasteiger partial charge >= 0.3 is 0 Å². The monoisotopic (exact) mass is 488 g/mol. The van der Waals surface area contributed by atoms with E-state index in [0.717, 1.165) is 73.6 Å². The molecule has 1 aliphatic carbocycles. The zero-order chi connectivity index (χ0) is 23.1. The smallest absolute Gasteiger partial charge is 0.207 e. The standard InChI is InChI=1S/C25H32N2O4S2/c28-32(29,26-13-5-1-2-6-14-26)22-9-11-24-20(18-22)17-21-19-23(10-12-25(21)24)33(30,31)27-15-7-3-4-8-16-27/h9-12,18-19H,1-8,13-17H2. The van der Waals surface area contributed by atoms with Gasteiger partial charge in [-0.15, -0.1) is 0 Å². The van der Waals surface area contributed by atoms with Crippen molar-refractivity contribution in [2.75, 3.05) is 26.2 Å². The first-order valence-corrected chi connectivity index (χ1v) is 15.0. The molecule has 8 heteroatoms. The van der Waals surface area contributed by atoms with Crippen molar-refractivity contribution in [3.63, 3.8) is 0 Å². The van der Waals surface area contributed by atoms with E-state index in [1.54, 1.807) is 32.9 Å². The van der Waals surface area contributed by atoms with E-state index in [9.17, 15) is 16.8 Å². The second-order valence-electron chi connectivity index (χ2n) is 9.45. The van der Waals surface area contributed by atoms with Crippen molar-refractivity contribution in [3.05, 3.63) is 47.5 Å². The second kappa shape index (κ2) is 9.13. The third-order valence-corrected chi connectivity index (χ3v) is 11.0. The average Bonchev–Trinajstić information content (AvgIpc) is 3.04. The molecular formula is C25H32N2O4S2. The zero-order valence-corrected chi connectivity index (χ0v) is 20.6. The van der Waals surface area contributed by atoms with E-state index in [2.05, 4.69) is 0 Å². The number of hydrogen-bond acceptors (Lipinski definition) is 4. The molecule has 2 saturated heterocycles. The van der Waals surface area contributed by atoms with Gasteiger partial charge in [0.25, 0.3) is 0 Å². The Kier molecular flexibility index (Phi) is 6.37. The molecule has 0 amide bonds. The van der Waals surface area contributed by atoms with Crippen LogP contribution in [-0.4, -0.2) is 51.6 Å². The van der Waals surface area contributed by atoms with Crippen LogP contribution >= 0.6 is 0 Å². The van der Waals surface area contributed by atoms with Gasteiger partial charge < -0.3 is 0 Å². The van der Waals surface area contributed by atoms with Gasteiger partial charge in [-0.2, -0.15) is 8.61 Å². The van der Waals surface area contributed by atoms with Gasteiger partial charge in [0, 0.05) is 26.2 Å². The fourth-order valence-corrected chi connectivity index (χ4v) is 8.48. The maximum absolute atomic E-state index is 13.2. The number of fused-ring (bicyclic) bond motifs is 3. The first-order chi connectivity index (χ1) is 15.9. The summed E-state index contributed by atoms with van der Waals surface area (Å²) in [5, 5.41) is 0. The van der Waals surface area contributed by atoms with Gasteiger partial charge in [-0.25, -0.2) is 16.8 Å². The van der Waals surface area contributed by atoms with Gasteiger partial charge in [0.15, 0.2) is 0 Å². The Morgan fingerprint density at radius 3 is 1.24 bits per heavy atom.